The number of phosphoric acid groups is 3. The number of aryl methyl sites for hydroxylation is 2. The van der Waals surface area contributed by atoms with Gasteiger partial charge < -0.3 is 74.6 Å². The number of carbonyl (C=O) groups excluding carboxylic acids is 2. The van der Waals surface area contributed by atoms with Crippen LogP contribution in [0.25, 0.3) is 16.6 Å². The first-order valence-electron chi connectivity index (χ1n) is 35.2. The van der Waals surface area contributed by atoms with Crippen LogP contribution in [0.4, 0.5) is 23.0 Å². The van der Waals surface area contributed by atoms with Gasteiger partial charge in [-0.05, 0) is 136 Å². The number of ether oxygens (including phenoxy) is 4. The number of nitrogens with zero attached hydrogens (tertiary/aromatic N) is 6. The van der Waals surface area contributed by atoms with Gasteiger partial charge in [-0.25, -0.2) is 23.1 Å². The highest BCUT2D eigenvalue weighted by molar-refractivity contribution is 8.77. The van der Waals surface area contributed by atoms with E-state index in [2.05, 4.69) is 72.9 Å². The Morgan fingerprint density at radius 3 is 2.29 bits per heavy atom. The molecule has 11 N–H and O–H groups in total. The Morgan fingerprint density at radius 2 is 1.54 bits per heavy atom. The highest BCUT2D eigenvalue weighted by atomic mass is 33.1. The minimum absolute atomic E-state index is 0.0292. The number of fused-ring (bicyclic) bond motifs is 5. The number of aromatic nitrogens is 3. The number of nitrogen functional groups attached to an aromatic ring is 1. The smallest absolute Gasteiger partial charge is 0.490 e. The van der Waals surface area contributed by atoms with Crippen LogP contribution < -0.4 is 46.7 Å². The number of nitrogens with two attached hydrogens (primary N) is 1. The second kappa shape index (κ2) is 33.1. The fourth-order valence-electron chi connectivity index (χ4n) is 14.2. The summed E-state index contributed by atoms with van der Waals surface area (Å²) in [6.45, 7) is 13.5. The van der Waals surface area contributed by atoms with E-state index < -0.39 is 70.7 Å². The summed E-state index contributed by atoms with van der Waals surface area (Å²) in [5, 5.41) is 38.7. The van der Waals surface area contributed by atoms with E-state index in [0.29, 0.717) is 28.8 Å². The van der Waals surface area contributed by atoms with Crippen molar-refractivity contribution in [2.45, 2.75) is 127 Å². The van der Waals surface area contributed by atoms with Gasteiger partial charge in [-0.2, -0.15) is 18.7 Å². The van der Waals surface area contributed by atoms with Crippen molar-refractivity contribution in [3.8, 4) is 29.1 Å². The maximum atomic E-state index is 13.9. The predicted molar refractivity (Wildman–Crippen MR) is 416 cm³/mol. The first-order chi connectivity index (χ1) is 51.8. The number of carbonyl (C=O) groups is 3. The van der Waals surface area contributed by atoms with Gasteiger partial charge in [0.25, 0.3) is 17.4 Å². The lowest BCUT2D eigenvalue weighted by atomic mass is 9.81. The van der Waals surface area contributed by atoms with Gasteiger partial charge in [-0.15, -0.1) is 5.11 Å². The monoisotopic (exact) mass is 1630 g/mol. The number of benzene rings is 5. The molecule has 0 spiro atoms. The minimum Gasteiger partial charge on any atom is -0.506 e. The number of phosphoric ester groups is 1. The number of anilines is 2. The molecule has 0 saturated carbocycles. The van der Waals surface area contributed by atoms with Crippen molar-refractivity contribution < 1.29 is 90.0 Å². The molecule has 2 amide bonds. The molecule has 0 radical (unpaired) electrons. The summed E-state index contributed by atoms with van der Waals surface area (Å²) >= 11 is 0. The zero-order valence-corrected chi connectivity index (χ0v) is 66.0. The Bertz CT molecular complexity index is 5210. The van der Waals surface area contributed by atoms with Crippen LogP contribution >= 0.6 is 66.6 Å². The Hall–Kier alpha value is -7.35. The third kappa shape index (κ3) is 19.1. The Kier molecular flexibility index (Phi) is 24.2. The summed E-state index contributed by atoms with van der Waals surface area (Å²) in [6, 6.07) is 20.9. The lowest BCUT2D eigenvalue weighted by Gasteiger charge is -2.39. The summed E-state index contributed by atoms with van der Waals surface area (Å²) in [6.07, 6.45) is 6.59. The van der Waals surface area contributed by atoms with E-state index in [-0.39, 0.29) is 93.8 Å². The van der Waals surface area contributed by atoms with Crippen LogP contribution in [-0.2, 0) is 73.2 Å². The Labute approximate surface area is 642 Å². The predicted octanol–water partition coefficient (Wildman–Crippen LogP) is 10.6. The van der Waals surface area contributed by atoms with Crippen molar-refractivity contribution in [3.63, 3.8) is 0 Å². The van der Waals surface area contributed by atoms with Gasteiger partial charge in [0.2, 0.25) is 11.3 Å². The standard InChI is InChI=1S/C72H81N10O20P3S4/c1-71(2,3)108-107-40-97-56-35-58(99-57(56)37-98-104(92,93)102-105(94,95)101-103(89,90)91)82-36-46(59-65(82)76-70(73)77-68(59)86)13-10-30-96-39-106-109-72(4,5)38-75-66(84)42-17-20-47(21-18-42)78-79-54-23-16-41(31-55(54)83)24-25-74-67(85)45-19-22-48(51(34-45)69(87)88)60-52-32-43-11-6-26-80-28-8-14-49(61(43)80)63(52)100-64-50-15-9-29-81-27-7-12-44(62(50)81)33-53(60)64/h16-23,31-34,36,56-58H,6-9,11-12,14-15,24-30,35,37-40H2,1-5H3,(H10-,73,74,75,76,77,78,83,84,85,86,87,88,89,90,91,92,93,94,95)/p+1/t56?,57-,58-/m1/s1. The lowest BCUT2D eigenvalue weighted by molar-refractivity contribution is -0.0520. The van der Waals surface area contributed by atoms with Crippen LogP contribution in [0.3, 0.4) is 0 Å². The van der Waals surface area contributed by atoms with Gasteiger partial charge in [0.1, 0.15) is 66.8 Å². The zero-order valence-electron chi connectivity index (χ0n) is 60.0. The summed E-state index contributed by atoms with van der Waals surface area (Å²) in [5.74, 6) is 5.55. The maximum Gasteiger partial charge on any atom is 0.490 e. The number of rotatable bonds is 28. The number of phenols is 1. The third-order valence-corrected chi connectivity index (χ3v) is 28.5. The van der Waals surface area contributed by atoms with Gasteiger partial charge in [0.05, 0.1) is 40.5 Å². The number of carboxylic acid groups (broad SMARTS) is 1. The number of amides is 2. The number of aromatic hydroxyl groups is 1. The van der Waals surface area contributed by atoms with E-state index in [1.807, 2.05) is 34.6 Å². The molecule has 8 heterocycles. The number of hydrogen-bond acceptors (Lipinski definition) is 24. The number of hydrogen-bond donors (Lipinski definition) is 10. The molecule has 578 valence electrons. The molecule has 1 fully saturated rings. The van der Waals surface area contributed by atoms with Gasteiger partial charge in [0.15, 0.2) is 5.65 Å². The molecule has 1 saturated heterocycles. The molecule has 6 aliphatic rings. The summed E-state index contributed by atoms with van der Waals surface area (Å²) in [7, 11) is -11.2. The summed E-state index contributed by atoms with van der Waals surface area (Å²) < 4.78 is 77.1. The van der Waals surface area contributed by atoms with Crippen molar-refractivity contribution >= 4 is 124 Å². The van der Waals surface area contributed by atoms with E-state index in [9.17, 15) is 52.9 Å². The number of aromatic carboxylic acids is 1. The third-order valence-electron chi connectivity index (χ3n) is 18.7. The molecule has 3 unspecified atom stereocenters. The largest absolute Gasteiger partial charge is 0.506 e. The van der Waals surface area contributed by atoms with E-state index in [1.54, 1.807) is 54.6 Å². The van der Waals surface area contributed by atoms with Crippen LogP contribution in [0.5, 0.6) is 17.2 Å². The molecule has 2 aromatic heterocycles. The Balaban J connectivity index is 0.578. The SMILES string of the molecule is CC(C)(C)SSCOC1C[C@H](n2cc(C#CCOCSSC(C)(C)CNC(=O)c3ccc(N=Nc4ccc(CCNC(=O)c5ccc(C6=c7cc8c9c(c7Oc7c6cc6c%10c7CCCN%10CCC6)CCC[N+]=9CCC8)c(C(=O)O)c5)cc4O)cc3)c3c(=O)[nH]c(N)nc32)O[C@@H]1COP(=O)(O)OP(=O)(O)OP(=O)(O)O. The quantitative estimate of drug-likeness (QED) is 0.00414. The molecule has 109 heavy (non-hydrogen) atoms. The van der Waals surface area contributed by atoms with Crippen molar-refractivity contribution in [1.29, 1.82) is 0 Å². The molecule has 5 atom stereocenters. The molecule has 30 nitrogen and oxygen atoms in total. The molecule has 0 aliphatic carbocycles. The van der Waals surface area contributed by atoms with Crippen LogP contribution in [0.2, 0.25) is 0 Å². The molecular weight excluding hydrogens is 1550 g/mol. The van der Waals surface area contributed by atoms with Crippen molar-refractivity contribution in [3.05, 3.63) is 161 Å². The second-order valence-corrected chi connectivity index (χ2v) is 38.8. The summed E-state index contributed by atoms with van der Waals surface area (Å²) in [4.78, 5) is 101. The number of nitrogens with one attached hydrogen (secondary N) is 3. The highest BCUT2D eigenvalue weighted by Crippen LogP contribution is 2.66. The average molecular weight is 1630 g/mol. The molecule has 7 aromatic rings. The number of H-pyrrole nitrogens is 1. The normalized spacial score (nSPS) is 18.5. The Morgan fingerprint density at radius 1 is 0.817 bits per heavy atom. The first-order valence-corrected chi connectivity index (χ1v) is 44.3. The van der Waals surface area contributed by atoms with Crippen LogP contribution in [-0.4, -0.2) is 148 Å². The van der Waals surface area contributed by atoms with Crippen molar-refractivity contribution in [2.75, 3.05) is 75.0 Å². The fourth-order valence-corrected chi connectivity index (χ4v) is 21.4. The van der Waals surface area contributed by atoms with Crippen molar-refractivity contribution in [1.82, 2.24) is 29.7 Å². The topological polar surface area (TPSA) is 420 Å². The molecule has 5 aromatic carbocycles. The van der Waals surface area contributed by atoms with E-state index in [4.69, 9.17) is 39.0 Å². The number of phenolic OH excluding ortho intramolecular Hbond substituents is 1. The fraction of sp³-hybridized carbons (Fsp3) is 0.417. The van der Waals surface area contributed by atoms with E-state index >= 15 is 0 Å². The zero-order chi connectivity index (χ0) is 77.3. The van der Waals surface area contributed by atoms with E-state index in [0.717, 1.165) is 105 Å². The van der Waals surface area contributed by atoms with Crippen LogP contribution in [0, 0.1) is 11.8 Å². The summed E-state index contributed by atoms with van der Waals surface area (Å²) in [5.41, 5.74) is 16.1. The number of azo groups is 1. The molecular formula is C72H82N10O20P3S4+. The van der Waals surface area contributed by atoms with Gasteiger partial charge in [-0.3, -0.25) is 23.9 Å². The molecule has 13 rings (SSSR count). The molecule has 37 heteroatoms. The lowest BCUT2D eigenvalue weighted by Crippen LogP contribution is -2.45. The molecule has 0 bridgehead atoms. The van der Waals surface area contributed by atoms with Gasteiger partial charge in [0, 0.05) is 105 Å². The van der Waals surface area contributed by atoms with Crippen LogP contribution in [0.15, 0.2) is 94.0 Å². The number of aromatic amines is 1. The maximum absolute atomic E-state index is 13.9. The number of carboxylic acids is 1. The van der Waals surface area contributed by atoms with Gasteiger partial charge in [-0.1, -0.05) is 87.9 Å². The minimum atomic E-state index is -5.81. The molecule has 6 aliphatic heterocycles. The average Bonchev–Trinajstić information content (AvgIpc) is 1.39. The van der Waals surface area contributed by atoms with Crippen LogP contribution in [0.1, 0.15) is 149 Å². The highest BCUT2D eigenvalue weighted by Gasteiger charge is 2.45. The van der Waals surface area contributed by atoms with E-state index in [1.165, 1.54) is 93.3 Å². The van der Waals surface area contributed by atoms with Crippen molar-refractivity contribution in [2.24, 2.45) is 10.2 Å². The van der Waals surface area contributed by atoms with Gasteiger partial charge >= 0.3 is 29.4 Å². The first kappa shape index (κ1) is 79.7. The second-order valence-electron chi connectivity index (χ2n) is 28.4.